The number of carbonyl (C=O) groups is 2. The summed E-state index contributed by atoms with van der Waals surface area (Å²) in [7, 11) is 0. The number of rotatable bonds is 13. The van der Waals surface area contributed by atoms with Gasteiger partial charge in [-0.05, 0) is 73.8 Å². The third-order valence-electron chi connectivity index (χ3n) is 8.50. The number of tetrazole rings is 1. The number of halogens is 4. The molecule has 2 N–H and O–H groups in total. The molecule has 2 atom stereocenters. The Bertz CT molecular complexity index is 1440. The zero-order chi connectivity index (χ0) is 30.5. The van der Waals surface area contributed by atoms with Crippen LogP contribution < -0.4 is 10.6 Å². The second kappa shape index (κ2) is 11.3. The Morgan fingerprint density at radius 3 is 2.40 bits per heavy atom. The molecule has 0 aromatic carbocycles. The summed E-state index contributed by atoms with van der Waals surface area (Å²) in [5.74, 6) is -3.08. The minimum Gasteiger partial charge on any atom is -0.339 e. The van der Waals surface area contributed by atoms with Crippen molar-refractivity contribution in [3.05, 3.63) is 36.2 Å². The van der Waals surface area contributed by atoms with Gasteiger partial charge in [0.1, 0.15) is 17.8 Å². The predicted octanol–water partition coefficient (Wildman–Crippen LogP) is 4.04. The molecule has 16 heteroatoms. The molecule has 43 heavy (non-hydrogen) atoms. The molecule has 3 saturated carbocycles. The maximum atomic E-state index is 13.8. The summed E-state index contributed by atoms with van der Waals surface area (Å²) in [6.07, 6.45) is 3.73. The van der Waals surface area contributed by atoms with Gasteiger partial charge in [-0.2, -0.15) is 10.2 Å². The van der Waals surface area contributed by atoms with Crippen molar-refractivity contribution >= 4 is 17.5 Å². The topological polar surface area (TPSA) is 137 Å². The van der Waals surface area contributed by atoms with Crippen molar-refractivity contribution in [1.82, 2.24) is 45.1 Å². The van der Waals surface area contributed by atoms with E-state index in [1.54, 1.807) is 16.9 Å². The van der Waals surface area contributed by atoms with Crippen molar-refractivity contribution in [2.24, 2.45) is 17.8 Å². The minimum atomic E-state index is -2.85. The highest BCUT2D eigenvalue weighted by Crippen LogP contribution is 2.51. The summed E-state index contributed by atoms with van der Waals surface area (Å²) in [4.78, 5) is 27.1. The van der Waals surface area contributed by atoms with Gasteiger partial charge in [0.2, 0.25) is 12.3 Å². The number of anilines is 1. The highest BCUT2D eigenvalue weighted by Gasteiger charge is 2.49. The number of aromatic nitrogens is 8. The van der Waals surface area contributed by atoms with Gasteiger partial charge < -0.3 is 10.6 Å². The molecule has 0 radical (unpaired) electrons. The van der Waals surface area contributed by atoms with Crippen LogP contribution in [0, 0.1) is 17.8 Å². The molecule has 0 bridgehead atoms. The Balaban J connectivity index is 1.22. The Hall–Kier alpha value is -3.85. The van der Waals surface area contributed by atoms with Gasteiger partial charge in [-0.15, -0.1) is 5.10 Å². The molecular weight excluding hydrogens is 572 g/mol. The quantitative estimate of drug-likeness (QED) is 0.280. The summed E-state index contributed by atoms with van der Waals surface area (Å²) in [6.45, 7) is 3.81. The average molecular weight is 607 g/mol. The van der Waals surface area contributed by atoms with Gasteiger partial charge in [0.25, 0.3) is 11.8 Å². The lowest BCUT2D eigenvalue weighted by molar-refractivity contribution is -0.119. The number of nitrogens with one attached hydrogen (secondary N) is 2. The molecule has 3 aliphatic rings. The number of alkyl halides is 4. The monoisotopic (exact) mass is 606 g/mol. The van der Waals surface area contributed by atoms with Crippen LogP contribution >= 0.6 is 0 Å². The fourth-order valence-corrected chi connectivity index (χ4v) is 6.12. The molecule has 232 valence electrons. The summed E-state index contributed by atoms with van der Waals surface area (Å²) in [6, 6.07) is -1.14. The minimum absolute atomic E-state index is 0.0174. The maximum Gasteiger partial charge on any atom is 0.270 e. The number of hydrogen-bond donors (Lipinski definition) is 2. The van der Waals surface area contributed by atoms with Gasteiger partial charge in [0, 0.05) is 37.7 Å². The van der Waals surface area contributed by atoms with Crippen molar-refractivity contribution in [3.63, 3.8) is 0 Å². The zero-order valence-electron chi connectivity index (χ0n) is 23.8. The predicted molar refractivity (Wildman–Crippen MR) is 143 cm³/mol. The molecule has 6 rings (SSSR count). The van der Waals surface area contributed by atoms with Crippen LogP contribution in [0.4, 0.5) is 23.2 Å². The number of nitrogens with zero attached hydrogens (tertiary/aromatic N) is 8. The van der Waals surface area contributed by atoms with Gasteiger partial charge in [0.05, 0.1) is 17.9 Å². The summed E-state index contributed by atoms with van der Waals surface area (Å²) in [5.41, 5.74) is 0.582. The van der Waals surface area contributed by atoms with Crippen molar-refractivity contribution in [2.45, 2.75) is 95.3 Å². The fraction of sp³-hybridized carbons (Fsp3) is 0.667. The third kappa shape index (κ3) is 6.27. The van der Waals surface area contributed by atoms with Crippen molar-refractivity contribution in [1.29, 1.82) is 0 Å². The molecule has 0 spiro atoms. The SMILES string of the molecule is CC(C)n1nccc1C(=O)N[C@H](C(=O)Nc1cnn(C(CC(F)F)c2nnnn2C2CC(F)(F)C2)c1)C(C1CC1)C1CC1. The lowest BCUT2D eigenvalue weighted by Crippen LogP contribution is -2.50. The first kappa shape index (κ1) is 29.2. The van der Waals surface area contributed by atoms with E-state index >= 15 is 0 Å². The van der Waals surface area contributed by atoms with E-state index < -0.39 is 61.6 Å². The van der Waals surface area contributed by atoms with E-state index in [1.165, 1.54) is 17.1 Å². The molecule has 0 aliphatic heterocycles. The molecule has 12 nitrogen and oxygen atoms in total. The number of amides is 2. The zero-order valence-corrected chi connectivity index (χ0v) is 23.8. The maximum absolute atomic E-state index is 13.8. The van der Waals surface area contributed by atoms with E-state index in [1.807, 2.05) is 13.8 Å². The first-order valence-corrected chi connectivity index (χ1v) is 14.6. The summed E-state index contributed by atoms with van der Waals surface area (Å²) >= 11 is 0. The standard InChI is InChI=1S/C27H34F4N10O2/c1-14(2)40-19(7-8-32-40)25(42)35-23(22(15-3-4-15)16-5-6-16)26(43)34-17-12-33-39(13-17)20(9-21(28)29)24-36-37-38-41(24)18-10-27(30,31)11-18/h7-8,12-16,18,20-23H,3-6,9-11H2,1-2H3,(H,34,43)(H,35,42)/t20?,23-/m0/s1. The lowest BCUT2D eigenvalue weighted by atomic mass is 9.88. The Morgan fingerprint density at radius 2 is 1.79 bits per heavy atom. The first-order chi connectivity index (χ1) is 20.5. The van der Waals surface area contributed by atoms with Crippen LogP contribution in [0.3, 0.4) is 0 Å². The molecule has 3 aliphatic carbocycles. The Kier molecular flexibility index (Phi) is 7.71. The highest BCUT2D eigenvalue weighted by molar-refractivity contribution is 6.00. The molecule has 2 amide bonds. The highest BCUT2D eigenvalue weighted by atomic mass is 19.3. The van der Waals surface area contributed by atoms with Crippen LogP contribution in [0.25, 0.3) is 0 Å². The van der Waals surface area contributed by atoms with Gasteiger partial charge in [0.15, 0.2) is 5.82 Å². The van der Waals surface area contributed by atoms with Crippen molar-refractivity contribution in [3.8, 4) is 0 Å². The van der Waals surface area contributed by atoms with E-state index in [9.17, 15) is 27.2 Å². The van der Waals surface area contributed by atoms with E-state index in [0.29, 0.717) is 17.5 Å². The second-order valence-electron chi connectivity index (χ2n) is 12.2. The third-order valence-corrected chi connectivity index (χ3v) is 8.50. The number of hydrogen-bond acceptors (Lipinski definition) is 7. The van der Waals surface area contributed by atoms with E-state index in [0.717, 1.165) is 30.4 Å². The van der Waals surface area contributed by atoms with Gasteiger partial charge in [-0.1, -0.05) is 0 Å². The van der Waals surface area contributed by atoms with Crippen molar-refractivity contribution < 1.29 is 27.2 Å². The normalized spacial score (nSPS) is 19.9. The Morgan fingerprint density at radius 1 is 1.09 bits per heavy atom. The van der Waals surface area contributed by atoms with Crippen LogP contribution in [0.15, 0.2) is 24.7 Å². The molecule has 3 fully saturated rings. The van der Waals surface area contributed by atoms with Gasteiger partial charge >= 0.3 is 0 Å². The molecule has 3 heterocycles. The molecule has 0 saturated heterocycles. The van der Waals surface area contributed by atoms with Crippen molar-refractivity contribution in [2.75, 3.05) is 5.32 Å². The van der Waals surface area contributed by atoms with E-state index in [-0.39, 0.29) is 23.5 Å². The van der Waals surface area contributed by atoms with Gasteiger partial charge in [-0.3, -0.25) is 19.0 Å². The van der Waals surface area contributed by atoms with Gasteiger partial charge in [-0.25, -0.2) is 22.2 Å². The van der Waals surface area contributed by atoms with Crippen LogP contribution in [0.2, 0.25) is 0 Å². The molecule has 1 unspecified atom stereocenters. The van der Waals surface area contributed by atoms with Crippen LogP contribution in [0.5, 0.6) is 0 Å². The molecular formula is C27H34F4N10O2. The van der Waals surface area contributed by atoms with E-state index in [2.05, 4.69) is 36.4 Å². The largest absolute Gasteiger partial charge is 0.339 e. The molecule has 3 aromatic rings. The fourth-order valence-electron chi connectivity index (χ4n) is 6.12. The lowest BCUT2D eigenvalue weighted by Gasteiger charge is -2.35. The molecule has 3 aromatic heterocycles. The number of carbonyl (C=O) groups excluding carboxylic acids is 2. The second-order valence-corrected chi connectivity index (χ2v) is 12.2. The summed E-state index contributed by atoms with van der Waals surface area (Å²) < 4.78 is 58.3. The summed E-state index contributed by atoms with van der Waals surface area (Å²) in [5, 5.41) is 25.4. The average Bonchev–Trinajstić information content (AvgIpc) is 3.78. The van der Waals surface area contributed by atoms with Crippen LogP contribution in [-0.2, 0) is 4.79 Å². The van der Waals surface area contributed by atoms with Crippen LogP contribution in [-0.4, -0.2) is 70.0 Å². The van der Waals surface area contributed by atoms with Crippen LogP contribution in [0.1, 0.15) is 93.2 Å². The van der Waals surface area contributed by atoms with E-state index in [4.69, 9.17) is 0 Å². The smallest absolute Gasteiger partial charge is 0.270 e. The Labute approximate surface area is 244 Å². The first-order valence-electron chi connectivity index (χ1n) is 14.6.